The molecule has 5 rings (SSSR count). The summed E-state index contributed by atoms with van der Waals surface area (Å²) in [7, 11) is 0. The highest BCUT2D eigenvalue weighted by atomic mass is 35.5. The van der Waals surface area contributed by atoms with Gasteiger partial charge in [0, 0.05) is 48.6 Å². The number of hydrogen-bond acceptors (Lipinski definition) is 9. The number of halogens is 2. The van der Waals surface area contributed by atoms with Crippen LogP contribution >= 0.6 is 23.2 Å². The van der Waals surface area contributed by atoms with Crippen LogP contribution in [0.5, 0.6) is 0 Å². The fraction of sp³-hybridized carbons (Fsp3) is 0.590. The van der Waals surface area contributed by atoms with E-state index < -0.39 is 64.9 Å². The summed E-state index contributed by atoms with van der Waals surface area (Å²) in [4.78, 5) is 92.6. The van der Waals surface area contributed by atoms with Gasteiger partial charge in [0.15, 0.2) is 0 Å². The number of nitrogens with two attached hydrogens (primary N) is 1. The number of nitrogens with zero attached hydrogens (tertiary/aromatic N) is 4. The molecule has 5 N–H and O–H groups in total. The second-order valence-electron chi connectivity index (χ2n) is 16.1. The molecule has 1 aromatic heterocycles. The van der Waals surface area contributed by atoms with Gasteiger partial charge in [-0.05, 0) is 54.2 Å². The van der Waals surface area contributed by atoms with Crippen molar-refractivity contribution in [1.29, 1.82) is 0 Å². The molecule has 5 amide bonds. The van der Waals surface area contributed by atoms with Crippen LogP contribution in [-0.2, 0) is 30.5 Å². The van der Waals surface area contributed by atoms with Crippen LogP contribution in [0.4, 0.5) is 0 Å². The third-order valence-corrected chi connectivity index (χ3v) is 11.6. The Morgan fingerprint density at radius 2 is 1.65 bits per heavy atom. The van der Waals surface area contributed by atoms with Gasteiger partial charge < -0.3 is 26.6 Å². The van der Waals surface area contributed by atoms with E-state index in [1.807, 2.05) is 25.7 Å². The van der Waals surface area contributed by atoms with Crippen molar-refractivity contribution in [3.63, 3.8) is 0 Å². The van der Waals surface area contributed by atoms with E-state index in [2.05, 4.69) is 25.9 Å². The minimum atomic E-state index is -1.13. The standard InChI is InChI=1S/C39H52Cl2N8O6/c1-39(2,3)33(47-37(54)31(24-10-5-4-6-11-24)46-35(52)29-20-43-14-15-44-29)38(55)49-17-16-48(21-25-12-13-26(40)19-27(25)41)30(22-49)36(53)45-28(32(50)34(42)51)18-23-8-7-9-23/h12-15,19-20,23-24,28,30-31,33H,4-11,16-18,21-22H2,1-3H3,(H2,42,51)(H,45,53)(H,46,52)(H,47,54)/t28?,30-,31+,33-/m1/s1. The molecule has 0 spiro atoms. The van der Waals surface area contributed by atoms with Crippen LogP contribution in [0.3, 0.4) is 0 Å². The number of nitrogens with one attached hydrogen (secondary N) is 3. The molecule has 3 fully saturated rings. The van der Waals surface area contributed by atoms with Gasteiger partial charge in [0.2, 0.25) is 23.5 Å². The number of amides is 5. The van der Waals surface area contributed by atoms with E-state index in [0.29, 0.717) is 22.0 Å². The van der Waals surface area contributed by atoms with Gasteiger partial charge in [0.25, 0.3) is 11.8 Å². The first-order valence-electron chi connectivity index (χ1n) is 19.1. The zero-order chi connectivity index (χ0) is 39.9. The SMILES string of the molecule is CC(C)(C)[C@H](NC(=O)[C@@H](NC(=O)c1cnccn1)C1CCCCC1)C(=O)N1CCN(Cc2ccc(Cl)cc2Cl)[C@@H](C(=O)NC(CC2CCC2)C(=O)C(N)=O)C1. The molecular formula is C39H52Cl2N8O6. The summed E-state index contributed by atoms with van der Waals surface area (Å²) in [6, 6.07) is 1.09. The number of rotatable bonds is 14. The molecule has 16 heteroatoms. The lowest BCUT2D eigenvalue weighted by molar-refractivity contribution is -0.145. The second kappa shape index (κ2) is 18.7. The van der Waals surface area contributed by atoms with Crippen LogP contribution < -0.4 is 21.7 Å². The van der Waals surface area contributed by atoms with Crippen LogP contribution in [0.2, 0.25) is 10.0 Å². The van der Waals surface area contributed by atoms with E-state index in [-0.39, 0.29) is 43.7 Å². The molecular weight excluding hydrogens is 747 g/mol. The van der Waals surface area contributed by atoms with Crippen LogP contribution in [-0.4, -0.2) is 98.9 Å². The molecule has 1 aliphatic heterocycles. The van der Waals surface area contributed by atoms with E-state index >= 15 is 0 Å². The first-order chi connectivity index (χ1) is 26.1. The highest BCUT2D eigenvalue weighted by molar-refractivity contribution is 6.38. The number of benzene rings is 1. The Morgan fingerprint density at radius 3 is 2.25 bits per heavy atom. The van der Waals surface area contributed by atoms with Crippen molar-refractivity contribution in [3.05, 3.63) is 58.1 Å². The highest BCUT2D eigenvalue weighted by Crippen LogP contribution is 2.32. The van der Waals surface area contributed by atoms with Gasteiger partial charge in [-0.3, -0.25) is 38.7 Å². The number of Topliss-reactive ketones (excluding diaryl/α,β-unsaturated/α-hetero) is 1. The summed E-state index contributed by atoms with van der Waals surface area (Å²) in [5, 5.41) is 9.53. The molecule has 1 aromatic carbocycles. The molecule has 2 aromatic rings. The molecule has 2 saturated carbocycles. The Bertz CT molecular complexity index is 1730. The number of aromatic nitrogens is 2. The van der Waals surface area contributed by atoms with Gasteiger partial charge in [-0.1, -0.05) is 88.6 Å². The lowest BCUT2D eigenvalue weighted by atomic mass is 9.80. The third kappa shape index (κ3) is 11.0. The number of piperazine rings is 1. The predicted molar refractivity (Wildman–Crippen MR) is 207 cm³/mol. The molecule has 0 bridgehead atoms. The van der Waals surface area contributed by atoms with E-state index in [0.717, 1.165) is 51.4 Å². The molecule has 1 unspecified atom stereocenters. The maximum absolute atomic E-state index is 14.6. The maximum Gasteiger partial charge on any atom is 0.287 e. The van der Waals surface area contributed by atoms with Crippen molar-refractivity contribution in [1.82, 2.24) is 35.7 Å². The van der Waals surface area contributed by atoms with E-state index in [1.54, 1.807) is 23.1 Å². The van der Waals surface area contributed by atoms with E-state index in [9.17, 15) is 28.8 Å². The fourth-order valence-corrected chi connectivity index (χ4v) is 8.09. The van der Waals surface area contributed by atoms with Gasteiger partial charge in [-0.2, -0.15) is 0 Å². The van der Waals surface area contributed by atoms with Crippen molar-refractivity contribution in [2.45, 2.75) is 109 Å². The predicted octanol–water partition coefficient (Wildman–Crippen LogP) is 3.44. The molecule has 2 heterocycles. The molecule has 4 atom stereocenters. The van der Waals surface area contributed by atoms with Crippen molar-refractivity contribution in [2.75, 3.05) is 19.6 Å². The maximum atomic E-state index is 14.6. The Hall–Kier alpha value is -4.14. The Morgan fingerprint density at radius 1 is 0.927 bits per heavy atom. The highest BCUT2D eigenvalue weighted by Gasteiger charge is 2.43. The van der Waals surface area contributed by atoms with E-state index in [4.69, 9.17) is 28.9 Å². The summed E-state index contributed by atoms with van der Waals surface area (Å²) in [5.41, 5.74) is 5.41. The van der Waals surface area contributed by atoms with Crippen LogP contribution in [0.1, 0.15) is 94.6 Å². The van der Waals surface area contributed by atoms with Crippen molar-refractivity contribution >= 4 is 58.5 Å². The van der Waals surface area contributed by atoms with Gasteiger partial charge in [-0.25, -0.2) is 4.98 Å². The molecule has 298 valence electrons. The quantitative estimate of drug-likeness (QED) is 0.207. The summed E-state index contributed by atoms with van der Waals surface area (Å²) < 4.78 is 0. The van der Waals surface area contributed by atoms with Gasteiger partial charge in [0.05, 0.1) is 12.2 Å². The first kappa shape index (κ1) is 42.0. The average molecular weight is 800 g/mol. The molecule has 2 aliphatic carbocycles. The smallest absolute Gasteiger partial charge is 0.287 e. The third-order valence-electron chi connectivity index (χ3n) is 11.0. The van der Waals surface area contributed by atoms with Crippen LogP contribution in [0, 0.1) is 17.3 Å². The monoisotopic (exact) mass is 798 g/mol. The molecule has 0 radical (unpaired) electrons. The minimum Gasteiger partial charge on any atom is -0.363 e. The average Bonchev–Trinajstić information content (AvgIpc) is 3.14. The largest absolute Gasteiger partial charge is 0.363 e. The Balaban J connectivity index is 1.38. The molecule has 55 heavy (non-hydrogen) atoms. The lowest BCUT2D eigenvalue weighted by Gasteiger charge is -2.44. The minimum absolute atomic E-state index is 0.0747. The Labute approximate surface area is 332 Å². The van der Waals surface area contributed by atoms with Gasteiger partial charge >= 0.3 is 0 Å². The Kier molecular flexibility index (Phi) is 14.3. The lowest BCUT2D eigenvalue weighted by Crippen LogP contribution is -2.65. The topological polar surface area (TPSA) is 197 Å². The van der Waals surface area contributed by atoms with Gasteiger partial charge in [-0.15, -0.1) is 0 Å². The molecule has 1 saturated heterocycles. The normalized spacial score (nSPS) is 20.0. The summed E-state index contributed by atoms with van der Waals surface area (Å²) >= 11 is 12.7. The van der Waals surface area contributed by atoms with Crippen molar-refractivity contribution < 1.29 is 28.8 Å². The molecule has 3 aliphatic rings. The number of carbonyl (C=O) groups excluding carboxylic acids is 6. The number of carbonyl (C=O) groups is 6. The van der Waals surface area contributed by atoms with Crippen molar-refractivity contribution in [2.24, 2.45) is 23.0 Å². The first-order valence-corrected chi connectivity index (χ1v) is 19.9. The number of ketones is 1. The van der Waals surface area contributed by atoms with Crippen LogP contribution in [0.15, 0.2) is 36.8 Å². The number of primary amides is 1. The zero-order valence-electron chi connectivity index (χ0n) is 31.7. The second-order valence-corrected chi connectivity index (χ2v) is 16.9. The zero-order valence-corrected chi connectivity index (χ0v) is 33.2. The van der Waals surface area contributed by atoms with Crippen LogP contribution in [0.25, 0.3) is 0 Å². The fourth-order valence-electron chi connectivity index (χ4n) is 7.62. The summed E-state index contributed by atoms with van der Waals surface area (Å²) in [6.07, 6.45) is 11.6. The van der Waals surface area contributed by atoms with E-state index in [1.165, 1.54) is 18.6 Å². The summed E-state index contributed by atoms with van der Waals surface area (Å²) in [5.74, 6) is -3.91. The van der Waals surface area contributed by atoms with Crippen molar-refractivity contribution in [3.8, 4) is 0 Å². The summed E-state index contributed by atoms with van der Waals surface area (Å²) in [6.45, 7) is 6.16. The number of hydrogen-bond donors (Lipinski definition) is 4. The molecule has 14 nitrogen and oxygen atoms in total. The van der Waals surface area contributed by atoms with Gasteiger partial charge in [0.1, 0.15) is 23.8 Å².